The van der Waals surface area contributed by atoms with Crippen molar-refractivity contribution in [1.29, 1.82) is 0 Å². The van der Waals surface area contributed by atoms with E-state index in [-0.39, 0.29) is 0 Å². The van der Waals surface area contributed by atoms with Crippen LogP contribution >= 0.6 is 0 Å². The third-order valence-corrected chi connectivity index (χ3v) is 6.44. The van der Waals surface area contributed by atoms with Crippen LogP contribution in [0, 0.1) is 17.8 Å². The normalized spacial score (nSPS) is 30.5. The van der Waals surface area contributed by atoms with E-state index < -0.39 is 0 Å². The number of hydrogen-bond acceptors (Lipinski definition) is 3. The Balaban J connectivity index is 1.30. The zero-order valence-corrected chi connectivity index (χ0v) is 14.4. The van der Waals surface area contributed by atoms with E-state index in [4.69, 9.17) is 0 Å². The van der Waals surface area contributed by atoms with E-state index in [2.05, 4.69) is 27.2 Å². The van der Waals surface area contributed by atoms with Crippen molar-refractivity contribution in [1.82, 2.24) is 19.7 Å². The zero-order chi connectivity index (χ0) is 16.8. The molecule has 2 unspecified atom stereocenters. The van der Waals surface area contributed by atoms with Crippen molar-refractivity contribution in [3.05, 3.63) is 42.5 Å². The number of carbonyl (C=O) groups is 1. The van der Waals surface area contributed by atoms with E-state index in [0.29, 0.717) is 18.4 Å². The van der Waals surface area contributed by atoms with E-state index in [1.165, 1.54) is 32.1 Å². The molecule has 0 radical (unpaired) electrons. The molecular formula is C20H24N4O. The lowest BCUT2D eigenvalue weighted by atomic mass is 9.68. The number of hydrogen-bond donors (Lipinski definition) is 0. The first-order valence-corrected chi connectivity index (χ1v) is 9.48. The summed E-state index contributed by atoms with van der Waals surface area (Å²) in [6.07, 6.45) is 10.5. The summed E-state index contributed by atoms with van der Waals surface area (Å²) in [7, 11) is 0. The number of rotatable bonds is 3. The molecule has 4 bridgehead atoms. The summed E-state index contributed by atoms with van der Waals surface area (Å²) in [5.74, 6) is 2.82. The molecular weight excluding hydrogens is 312 g/mol. The molecule has 3 heterocycles. The van der Waals surface area contributed by atoms with Crippen LogP contribution in [0.1, 0.15) is 37.7 Å². The monoisotopic (exact) mass is 336 g/mol. The van der Waals surface area contributed by atoms with Gasteiger partial charge in [0.1, 0.15) is 12.7 Å². The molecule has 6 rings (SSSR count). The van der Waals surface area contributed by atoms with Gasteiger partial charge in [0.05, 0.1) is 6.42 Å². The summed E-state index contributed by atoms with van der Waals surface area (Å²) in [6.45, 7) is 0.995. The predicted octanol–water partition coefficient (Wildman–Crippen LogP) is 2.85. The highest BCUT2D eigenvalue weighted by Crippen LogP contribution is 2.47. The predicted molar refractivity (Wildman–Crippen MR) is 94.1 cm³/mol. The molecule has 2 saturated heterocycles. The highest BCUT2D eigenvalue weighted by Gasteiger charge is 2.43. The molecule has 2 aliphatic carbocycles. The molecule has 130 valence electrons. The average Bonchev–Trinajstić information content (AvgIpc) is 3.06. The Hall–Kier alpha value is -2.17. The van der Waals surface area contributed by atoms with Gasteiger partial charge in [-0.2, -0.15) is 0 Å². The van der Waals surface area contributed by atoms with Gasteiger partial charge >= 0.3 is 0 Å². The van der Waals surface area contributed by atoms with Gasteiger partial charge < -0.3 is 4.90 Å². The van der Waals surface area contributed by atoms with Gasteiger partial charge in [0.2, 0.25) is 5.91 Å². The summed E-state index contributed by atoms with van der Waals surface area (Å²) in [4.78, 5) is 15.2. The Morgan fingerprint density at radius 2 is 1.56 bits per heavy atom. The number of nitrogens with zero attached hydrogens (tertiary/aromatic N) is 4. The SMILES string of the molecule is O=C(Cc1ccc(-n2cnnc2)cc1)N1CC2CC3CC(C2)CC1C3. The van der Waals surface area contributed by atoms with Crippen LogP contribution < -0.4 is 0 Å². The molecule has 5 heteroatoms. The number of benzene rings is 1. The molecule has 5 nitrogen and oxygen atoms in total. The molecule has 2 saturated carbocycles. The van der Waals surface area contributed by atoms with Crippen LogP contribution in [0.25, 0.3) is 5.69 Å². The van der Waals surface area contributed by atoms with Crippen molar-refractivity contribution >= 4 is 5.91 Å². The van der Waals surface area contributed by atoms with Gasteiger partial charge in [-0.05, 0) is 67.6 Å². The lowest BCUT2D eigenvalue weighted by Gasteiger charge is -2.39. The molecule has 4 aliphatic rings. The van der Waals surface area contributed by atoms with Gasteiger partial charge in [-0.1, -0.05) is 12.1 Å². The molecule has 2 aliphatic heterocycles. The largest absolute Gasteiger partial charge is 0.339 e. The standard InChI is InChI=1S/C20H24N4O/c25-20(10-14-1-3-18(4-2-14)23-12-21-22-13-23)24-11-17-6-15-5-16(7-17)9-19(24)8-15/h1-4,12-13,15-17,19H,5-11H2. The molecule has 4 fully saturated rings. The maximum absolute atomic E-state index is 13.0. The molecule has 1 aromatic heterocycles. The van der Waals surface area contributed by atoms with E-state index in [1.807, 2.05) is 16.7 Å². The number of carbonyl (C=O) groups excluding carboxylic acids is 1. The first-order chi connectivity index (χ1) is 12.2. The minimum absolute atomic E-state index is 0.315. The van der Waals surface area contributed by atoms with Gasteiger partial charge in [-0.25, -0.2) is 0 Å². The Morgan fingerprint density at radius 3 is 2.24 bits per heavy atom. The van der Waals surface area contributed by atoms with Crippen molar-refractivity contribution in [2.45, 2.75) is 44.6 Å². The molecule has 2 aromatic rings. The minimum atomic E-state index is 0.315. The molecule has 1 amide bonds. The summed E-state index contributed by atoms with van der Waals surface area (Å²) >= 11 is 0. The first-order valence-electron chi connectivity index (χ1n) is 9.48. The van der Waals surface area contributed by atoms with Gasteiger partial charge in [-0.3, -0.25) is 9.36 Å². The van der Waals surface area contributed by atoms with Gasteiger partial charge in [0, 0.05) is 18.3 Å². The second kappa shape index (κ2) is 5.97. The van der Waals surface area contributed by atoms with E-state index in [0.717, 1.165) is 35.5 Å². The Morgan fingerprint density at radius 1 is 0.920 bits per heavy atom. The second-order valence-electron chi connectivity index (χ2n) is 8.19. The highest BCUT2D eigenvalue weighted by molar-refractivity contribution is 5.79. The maximum atomic E-state index is 13.0. The van der Waals surface area contributed by atoms with Crippen molar-refractivity contribution in [3.8, 4) is 5.69 Å². The molecule has 25 heavy (non-hydrogen) atoms. The van der Waals surface area contributed by atoms with E-state index in [9.17, 15) is 4.79 Å². The van der Waals surface area contributed by atoms with Crippen LogP contribution in [0.3, 0.4) is 0 Å². The number of amides is 1. The van der Waals surface area contributed by atoms with Crippen LogP contribution in [0.15, 0.2) is 36.9 Å². The molecule has 2 atom stereocenters. The van der Waals surface area contributed by atoms with Crippen LogP contribution in [0.4, 0.5) is 0 Å². The lowest BCUT2D eigenvalue weighted by molar-refractivity contribution is -0.133. The van der Waals surface area contributed by atoms with Crippen LogP contribution in [-0.4, -0.2) is 38.2 Å². The fourth-order valence-electron chi connectivity index (χ4n) is 5.49. The van der Waals surface area contributed by atoms with Crippen molar-refractivity contribution in [2.24, 2.45) is 17.8 Å². The highest BCUT2D eigenvalue weighted by atomic mass is 16.2. The zero-order valence-electron chi connectivity index (χ0n) is 14.4. The van der Waals surface area contributed by atoms with E-state index in [1.54, 1.807) is 12.7 Å². The third-order valence-electron chi connectivity index (χ3n) is 6.44. The molecule has 1 aromatic carbocycles. The minimum Gasteiger partial charge on any atom is -0.339 e. The van der Waals surface area contributed by atoms with Crippen LogP contribution in [0.5, 0.6) is 0 Å². The third kappa shape index (κ3) is 2.86. The number of fused-ring (bicyclic) bond motifs is 1. The van der Waals surface area contributed by atoms with Crippen molar-refractivity contribution in [3.63, 3.8) is 0 Å². The molecule has 0 spiro atoms. The van der Waals surface area contributed by atoms with Crippen LogP contribution in [-0.2, 0) is 11.2 Å². The van der Waals surface area contributed by atoms with Gasteiger partial charge in [0.15, 0.2) is 0 Å². The average molecular weight is 336 g/mol. The Labute approximate surface area is 148 Å². The summed E-state index contributed by atoms with van der Waals surface area (Å²) in [6, 6.07) is 8.66. The summed E-state index contributed by atoms with van der Waals surface area (Å²) in [5.41, 5.74) is 2.11. The first kappa shape index (κ1) is 15.1. The lowest BCUT2D eigenvalue weighted by Crippen LogP contribution is -2.42. The Kier molecular flexibility index (Phi) is 3.61. The van der Waals surface area contributed by atoms with E-state index >= 15 is 0 Å². The summed E-state index contributed by atoms with van der Waals surface area (Å²) in [5, 5.41) is 7.66. The van der Waals surface area contributed by atoms with Gasteiger partial charge in [0.25, 0.3) is 0 Å². The quantitative estimate of drug-likeness (QED) is 0.866. The molecule has 0 N–H and O–H groups in total. The topological polar surface area (TPSA) is 51.0 Å². The fourth-order valence-corrected chi connectivity index (χ4v) is 5.49. The van der Waals surface area contributed by atoms with Crippen molar-refractivity contribution in [2.75, 3.05) is 6.54 Å². The Bertz CT molecular complexity index is 741. The van der Waals surface area contributed by atoms with Crippen molar-refractivity contribution < 1.29 is 4.79 Å². The van der Waals surface area contributed by atoms with Crippen LogP contribution in [0.2, 0.25) is 0 Å². The number of aromatic nitrogens is 3. The second-order valence-corrected chi connectivity index (χ2v) is 8.19. The summed E-state index contributed by atoms with van der Waals surface area (Å²) < 4.78 is 1.87. The van der Waals surface area contributed by atoms with Gasteiger partial charge in [-0.15, -0.1) is 10.2 Å². The fraction of sp³-hybridized carbons (Fsp3) is 0.550. The smallest absolute Gasteiger partial charge is 0.227 e. The maximum Gasteiger partial charge on any atom is 0.227 e.